The maximum absolute atomic E-state index is 13.2. The Balaban J connectivity index is 1.97. The number of H-pyrrole nitrogens is 1. The number of aromatic amines is 1. The van der Waals surface area contributed by atoms with E-state index in [0.29, 0.717) is 0 Å². The first-order chi connectivity index (χ1) is 13.1. The first kappa shape index (κ1) is 19.9. The van der Waals surface area contributed by atoms with Gasteiger partial charge in [0.25, 0.3) is 0 Å². The molecule has 0 saturated carbocycles. The highest BCUT2D eigenvalue weighted by atomic mass is 32.2. The van der Waals surface area contributed by atoms with Gasteiger partial charge in [0.05, 0.1) is 4.90 Å². The third-order valence-electron chi connectivity index (χ3n) is 4.67. The Morgan fingerprint density at radius 2 is 1.64 bits per heavy atom. The van der Waals surface area contributed by atoms with E-state index in [-0.39, 0.29) is 26.8 Å². The molecule has 0 aliphatic carbocycles. The van der Waals surface area contributed by atoms with Gasteiger partial charge < -0.3 is 11.1 Å². The minimum absolute atomic E-state index is 0.00702. The van der Waals surface area contributed by atoms with Crippen LogP contribution in [0.15, 0.2) is 58.3 Å². The molecular weight excluding hydrogens is 372 g/mol. The Bertz CT molecular complexity index is 1060. The number of nitrogens with one attached hydrogen (secondary N) is 2. The fraction of sp³-hybridized carbons (Fsp3) is 0.286. The third-order valence-corrected chi connectivity index (χ3v) is 6.52. The molecule has 4 N–H and O–H groups in total. The average Bonchev–Trinajstić information content (AvgIpc) is 3.02. The molecule has 148 valence electrons. The number of hydrogen-bond donors (Lipinski definition) is 3. The van der Waals surface area contributed by atoms with E-state index < -0.39 is 9.84 Å². The number of nitrogens with zero attached hydrogens (tertiary/aromatic N) is 1. The van der Waals surface area contributed by atoms with Crippen molar-refractivity contribution >= 4 is 27.2 Å². The average molecular weight is 399 g/mol. The van der Waals surface area contributed by atoms with Gasteiger partial charge in [-0.2, -0.15) is 5.10 Å². The monoisotopic (exact) mass is 398 g/mol. The summed E-state index contributed by atoms with van der Waals surface area (Å²) >= 11 is 0. The van der Waals surface area contributed by atoms with E-state index in [1.165, 1.54) is 5.56 Å². The van der Waals surface area contributed by atoms with Crippen molar-refractivity contribution in [3.8, 4) is 0 Å². The van der Waals surface area contributed by atoms with Gasteiger partial charge in [-0.3, -0.25) is 5.10 Å². The molecule has 3 rings (SSSR count). The zero-order chi connectivity index (χ0) is 20.5. The van der Waals surface area contributed by atoms with Crippen molar-refractivity contribution in [2.24, 2.45) is 0 Å². The maximum atomic E-state index is 13.2. The number of hydrogen-bond acceptors (Lipinski definition) is 5. The fourth-order valence-corrected chi connectivity index (χ4v) is 4.33. The minimum atomic E-state index is -3.83. The van der Waals surface area contributed by atoms with Gasteiger partial charge in [-0.1, -0.05) is 52.0 Å². The van der Waals surface area contributed by atoms with Crippen LogP contribution in [-0.2, 0) is 21.7 Å². The van der Waals surface area contributed by atoms with Crippen molar-refractivity contribution in [3.63, 3.8) is 0 Å². The van der Waals surface area contributed by atoms with Crippen molar-refractivity contribution in [2.45, 2.75) is 49.3 Å². The number of aromatic nitrogens is 2. The van der Waals surface area contributed by atoms with Gasteiger partial charge in [0, 0.05) is 5.69 Å². The predicted octanol–water partition coefficient (Wildman–Crippen LogP) is 4.43. The number of nitrogens with two attached hydrogens (primary N) is 1. The quantitative estimate of drug-likeness (QED) is 0.590. The molecule has 1 aromatic heterocycles. The van der Waals surface area contributed by atoms with Crippen LogP contribution in [0.4, 0.5) is 17.3 Å². The molecule has 28 heavy (non-hydrogen) atoms. The van der Waals surface area contributed by atoms with Crippen LogP contribution in [0.5, 0.6) is 0 Å². The van der Waals surface area contributed by atoms with E-state index in [1.54, 1.807) is 12.1 Å². The molecule has 0 amide bonds. The summed E-state index contributed by atoms with van der Waals surface area (Å²) in [5.74, 6) is 0.189. The standard InChI is InChI=1S/C21H26N4O2S/c1-5-14-6-10-16(11-7-14)23-20-18(19(22)24-25-20)28(26,27)17-12-8-15(9-13-17)21(2,3)4/h6-13H,5H2,1-4H3,(H4,22,23,24,25). The Hall–Kier alpha value is -2.80. The highest BCUT2D eigenvalue weighted by molar-refractivity contribution is 7.91. The highest BCUT2D eigenvalue weighted by Crippen LogP contribution is 2.33. The Kier molecular flexibility index (Phi) is 5.21. The van der Waals surface area contributed by atoms with E-state index in [1.807, 2.05) is 36.4 Å². The topological polar surface area (TPSA) is 101 Å². The van der Waals surface area contributed by atoms with E-state index in [4.69, 9.17) is 5.73 Å². The second-order valence-electron chi connectivity index (χ2n) is 7.77. The summed E-state index contributed by atoms with van der Waals surface area (Å²) in [5, 5.41) is 9.69. The summed E-state index contributed by atoms with van der Waals surface area (Å²) in [5.41, 5.74) is 8.85. The molecule has 2 aromatic carbocycles. The molecule has 0 radical (unpaired) electrons. The van der Waals surface area contributed by atoms with Crippen molar-refractivity contribution in [1.82, 2.24) is 10.2 Å². The van der Waals surface area contributed by atoms with E-state index in [2.05, 4.69) is 43.2 Å². The third kappa shape index (κ3) is 3.89. The van der Waals surface area contributed by atoms with Crippen molar-refractivity contribution in [1.29, 1.82) is 0 Å². The van der Waals surface area contributed by atoms with Crippen LogP contribution in [0, 0.1) is 0 Å². The fourth-order valence-electron chi connectivity index (χ4n) is 2.91. The molecule has 0 fully saturated rings. The summed E-state index contributed by atoms with van der Waals surface area (Å²) in [7, 11) is -3.83. The Labute approximate surface area is 166 Å². The summed E-state index contributed by atoms with van der Waals surface area (Å²) in [6.45, 7) is 8.32. The van der Waals surface area contributed by atoms with Gasteiger partial charge in [0.15, 0.2) is 10.7 Å². The zero-order valence-electron chi connectivity index (χ0n) is 16.6. The van der Waals surface area contributed by atoms with Gasteiger partial charge in [-0.15, -0.1) is 0 Å². The van der Waals surface area contributed by atoms with Gasteiger partial charge in [-0.25, -0.2) is 8.42 Å². The molecule has 0 spiro atoms. The maximum Gasteiger partial charge on any atom is 0.213 e. The molecule has 0 saturated heterocycles. The largest absolute Gasteiger partial charge is 0.383 e. The minimum Gasteiger partial charge on any atom is -0.383 e. The molecule has 0 unspecified atom stereocenters. The molecule has 0 bridgehead atoms. The molecule has 6 nitrogen and oxygen atoms in total. The zero-order valence-corrected chi connectivity index (χ0v) is 17.4. The SMILES string of the molecule is CCc1ccc(Nc2n[nH]c(N)c2S(=O)(=O)c2ccc(C(C)(C)C)cc2)cc1. The van der Waals surface area contributed by atoms with Crippen molar-refractivity contribution in [3.05, 3.63) is 59.7 Å². The molecular formula is C21H26N4O2S. The van der Waals surface area contributed by atoms with Crippen LogP contribution in [0.3, 0.4) is 0 Å². The van der Waals surface area contributed by atoms with Crippen LogP contribution in [0.25, 0.3) is 0 Å². The molecule has 1 heterocycles. The number of anilines is 3. The second kappa shape index (κ2) is 7.31. The van der Waals surface area contributed by atoms with Crippen molar-refractivity contribution in [2.75, 3.05) is 11.1 Å². The smallest absolute Gasteiger partial charge is 0.213 e. The Morgan fingerprint density at radius 3 is 2.18 bits per heavy atom. The molecule has 7 heteroatoms. The Morgan fingerprint density at radius 1 is 1.04 bits per heavy atom. The van der Waals surface area contributed by atoms with Crippen LogP contribution in [0.2, 0.25) is 0 Å². The van der Waals surface area contributed by atoms with E-state index in [0.717, 1.165) is 17.7 Å². The number of aryl methyl sites for hydroxylation is 1. The predicted molar refractivity (Wildman–Crippen MR) is 113 cm³/mol. The van der Waals surface area contributed by atoms with E-state index in [9.17, 15) is 8.42 Å². The highest BCUT2D eigenvalue weighted by Gasteiger charge is 2.28. The van der Waals surface area contributed by atoms with Gasteiger partial charge in [0.1, 0.15) is 5.82 Å². The summed E-state index contributed by atoms with van der Waals surface area (Å²) < 4.78 is 26.4. The lowest BCUT2D eigenvalue weighted by atomic mass is 9.87. The summed E-state index contributed by atoms with van der Waals surface area (Å²) in [6.07, 6.45) is 0.930. The number of sulfone groups is 1. The van der Waals surface area contributed by atoms with Crippen LogP contribution in [0.1, 0.15) is 38.8 Å². The second-order valence-corrected chi connectivity index (χ2v) is 9.65. The lowest BCUT2D eigenvalue weighted by molar-refractivity contribution is 0.586. The van der Waals surface area contributed by atoms with Crippen molar-refractivity contribution < 1.29 is 8.42 Å². The number of rotatable bonds is 5. The van der Waals surface area contributed by atoms with Gasteiger partial charge in [0.2, 0.25) is 9.84 Å². The summed E-state index contributed by atoms with van der Waals surface area (Å²) in [6, 6.07) is 14.6. The molecule has 3 aromatic rings. The first-order valence-corrected chi connectivity index (χ1v) is 10.7. The van der Waals surface area contributed by atoms with Crippen LogP contribution < -0.4 is 11.1 Å². The lowest BCUT2D eigenvalue weighted by Crippen LogP contribution is -2.12. The molecule has 0 aliphatic rings. The molecule has 0 atom stereocenters. The lowest BCUT2D eigenvalue weighted by Gasteiger charge is -2.19. The van der Waals surface area contributed by atoms with Gasteiger partial charge >= 0.3 is 0 Å². The van der Waals surface area contributed by atoms with Crippen LogP contribution >= 0.6 is 0 Å². The normalized spacial score (nSPS) is 12.1. The van der Waals surface area contributed by atoms with Gasteiger partial charge in [-0.05, 0) is 47.2 Å². The number of benzene rings is 2. The number of nitrogen functional groups attached to an aromatic ring is 1. The summed E-state index contributed by atoms with van der Waals surface area (Å²) in [4.78, 5) is 0.133. The van der Waals surface area contributed by atoms with Crippen LogP contribution in [-0.4, -0.2) is 18.6 Å². The first-order valence-electron chi connectivity index (χ1n) is 9.18. The van der Waals surface area contributed by atoms with E-state index >= 15 is 0 Å². The molecule has 0 aliphatic heterocycles.